The number of carbonyl (C=O) groups is 3. The summed E-state index contributed by atoms with van der Waals surface area (Å²) in [4.78, 5) is 36.8. The molecule has 5 rings (SSSR count). The Balaban J connectivity index is 1.22. The molecule has 0 radical (unpaired) electrons. The highest BCUT2D eigenvalue weighted by molar-refractivity contribution is 5.90. The molecule has 7 nitrogen and oxygen atoms in total. The first-order chi connectivity index (χ1) is 16.0. The Morgan fingerprint density at radius 3 is 2.15 bits per heavy atom. The minimum atomic E-state index is -0.990. The van der Waals surface area contributed by atoms with Crippen LogP contribution in [0.5, 0.6) is 0 Å². The zero-order valence-corrected chi connectivity index (χ0v) is 18.4. The molecule has 2 atom stereocenters. The molecule has 2 aromatic rings. The van der Waals surface area contributed by atoms with Crippen LogP contribution in [0.3, 0.4) is 0 Å². The Morgan fingerprint density at radius 1 is 0.970 bits per heavy atom. The number of carboxylic acid groups (broad SMARTS) is 1. The number of amides is 2. The molecule has 0 saturated heterocycles. The van der Waals surface area contributed by atoms with Crippen molar-refractivity contribution in [2.45, 2.75) is 43.6 Å². The maximum atomic E-state index is 13.0. The van der Waals surface area contributed by atoms with Crippen molar-refractivity contribution >= 4 is 18.0 Å². The molecule has 2 fully saturated rings. The smallest absolute Gasteiger partial charge is 0.408 e. The average molecular weight is 449 g/mol. The van der Waals surface area contributed by atoms with E-state index in [4.69, 9.17) is 9.84 Å². The van der Waals surface area contributed by atoms with Crippen LogP contribution in [0.1, 0.15) is 49.1 Å². The third-order valence-electron chi connectivity index (χ3n) is 7.34. The Morgan fingerprint density at radius 2 is 1.58 bits per heavy atom. The molecule has 3 aliphatic carbocycles. The van der Waals surface area contributed by atoms with Crippen LogP contribution in [0, 0.1) is 11.8 Å². The van der Waals surface area contributed by atoms with E-state index >= 15 is 0 Å². The van der Waals surface area contributed by atoms with Gasteiger partial charge in [-0.15, -0.1) is 0 Å². The molecule has 172 valence electrons. The lowest BCUT2D eigenvalue weighted by Gasteiger charge is -2.29. The van der Waals surface area contributed by atoms with Crippen LogP contribution in [-0.2, 0) is 14.3 Å². The summed E-state index contributed by atoms with van der Waals surface area (Å²) in [6.07, 6.45) is 2.79. The first kappa shape index (κ1) is 21.5. The molecule has 0 spiro atoms. The number of benzene rings is 2. The third-order valence-corrected chi connectivity index (χ3v) is 7.34. The largest absolute Gasteiger partial charge is 0.481 e. The molecule has 2 saturated carbocycles. The zero-order chi connectivity index (χ0) is 23.0. The van der Waals surface area contributed by atoms with Crippen molar-refractivity contribution in [1.29, 1.82) is 0 Å². The number of hydrogen-bond donors (Lipinski definition) is 3. The Bertz CT molecular complexity index is 1050. The fourth-order valence-corrected chi connectivity index (χ4v) is 5.39. The van der Waals surface area contributed by atoms with E-state index < -0.39 is 17.6 Å². The molecule has 7 heteroatoms. The summed E-state index contributed by atoms with van der Waals surface area (Å²) in [5, 5.41) is 14.8. The summed E-state index contributed by atoms with van der Waals surface area (Å²) < 4.78 is 5.66. The topological polar surface area (TPSA) is 105 Å². The summed E-state index contributed by atoms with van der Waals surface area (Å²) >= 11 is 0. The molecule has 0 unspecified atom stereocenters. The maximum Gasteiger partial charge on any atom is 0.408 e. The number of nitrogens with one attached hydrogen (secondary N) is 2. The highest BCUT2D eigenvalue weighted by atomic mass is 16.5. The highest BCUT2D eigenvalue weighted by Crippen LogP contribution is 2.44. The van der Waals surface area contributed by atoms with Gasteiger partial charge in [0, 0.05) is 12.5 Å². The van der Waals surface area contributed by atoms with E-state index in [0.717, 1.165) is 35.1 Å². The molecular weight excluding hydrogens is 420 g/mol. The average Bonchev–Trinajstić information content (AvgIpc) is 3.34. The molecule has 33 heavy (non-hydrogen) atoms. The first-order valence-corrected chi connectivity index (χ1v) is 11.6. The van der Waals surface area contributed by atoms with Gasteiger partial charge in [0.2, 0.25) is 5.91 Å². The van der Waals surface area contributed by atoms with E-state index in [-0.39, 0.29) is 30.3 Å². The summed E-state index contributed by atoms with van der Waals surface area (Å²) in [7, 11) is 0. The third kappa shape index (κ3) is 4.08. The summed E-state index contributed by atoms with van der Waals surface area (Å²) in [5.74, 6) is -1.51. The van der Waals surface area contributed by atoms with Crippen LogP contribution < -0.4 is 10.6 Å². The van der Waals surface area contributed by atoms with Gasteiger partial charge in [-0.2, -0.15) is 0 Å². The van der Waals surface area contributed by atoms with Crippen molar-refractivity contribution in [3.63, 3.8) is 0 Å². The van der Waals surface area contributed by atoms with Gasteiger partial charge >= 0.3 is 12.1 Å². The highest BCUT2D eigenvalue weighted by Gasteiger charge is 2.46. The van der Waals surface area contributed by atoms with E-state index in [9.17, 15) is 14.4 Å². The predicted octanol–water partition coefficient (Wildman–Crippen LogP) is 3.67. The Labute approximate surface area is 192 Å². The normalized spacial score (nSPS) is 22.2. The fraction of sp³-hybridized carbons (Fsp3) is 0.423. The van der Waals surface area contributed by atoms with Gasteiger partial charge in [0.15, 0.2) is 0 Å². The number of carboxylic acids is 1. The summed E-state index contributed by atoms with van der Waals surface area (Å²) in [6.45, 7) is 0.518. The second kappa shape index (κ2) is 8.54. The fourth-order valence-electron chi connectivity index (χ4n) is 5.39. The number of alkyl carbamates (subject to hydrolysis) is 1. The Hall–Kier alpha value is -3.35. The molecule has 0 aliphatic heterocycles. The maximum absolute atomic E-state index is 13.0. The lowest BCUT2D eigenvalue weighted by Crippen LogP contribution is -2.57. The minimum Gasteiger partial charge on any atom is -0.481 e. The van der Waals surface area contributed by atoms with E-state index in [1.807, 2.05) is 24.3 Å². The number of hydrogen-bond acceptors (Lipinski definition) is 4. The number of ether oxygens (including phenoxy) is 1. The molecule has 0 heterocycles. The molecule has 0 aromatic heterocycles. The lowest BCUT2D eigenvalue weighted by atomic mass is 9.96. The van der Waals surface area contributed by atoms with Crippen LogP contribution in [-0.4, -0.2) is 41.8 Å². The number of rotatable bonds is 7. The number of aliphatic carboxylic acids is 1. The van der Waals surface area contributed by atoms with Gasteiger partial charge in [0.05, 0.1) is 5.92 Å². The molecular formula is C26H28N2O5. The van der Waals surface area contributed by atoms with Crippen molar-refractivity contribution in [2.24, 2.45) is 11.8 Å². The van der Waals surface area contributed by atoms with Crippen LogP contribution in [0.25, 0.3) is 11.1 Å². The Kier molecular flexibility index (Phi) is 5.56. The predicted molar refractivity (Wildman–Crippen MR) is 122 cm³/mol. The quantitative estimate of drug-likeness (QED) is 0.599. The van der Waals surface area contributed by atoms with E-state index in [1.165, 1.54) is 0 Å². The van der Waals surface area contributed by atoms with Gasteiger partial charge in [-0.1, -0.05) is 61.4 Å². The summed E-state index contributed by atoms with van der Waals surface area (Å²) in [5.41, 5.74) is 3.60. The monoisotopic (exact) mass is 448 g/mol. The SMILES string of the molecule is O=C(NC1(C(=O)NC[C@@H]2C[C@@H]2C(=O)O)CCCC1)OCC1c2ccccc2-c2ccccc21. The van der Waals surface area contributed by atoms with Crippen molar-refractivity contribution in [2.75, 3.05) is 13.2 Å². The van der Waals surface area contributed by atoms with Crippen molar-refractivity contribution in [3.8, 4) is 11.1 Å². The van der Waals surface area contributed by atoms with Gasteiger partial charge in [0.1, 0.15) is 12.1 Å². The van der Waals surface area contributed by atoms with Crippen LogP contribution in [0.15, 0.2) is 48.5 Å². The van der Waals surface area contributed by atoms with Gasteiger partial charge in [0.25, 0.3) is 0 Å². The van der Waals surface area contributed by atoms with Crippen LogP contribution >= 0.6 is 0 Å². The molecule has 3 N–H and O–H groups in total. The van der Waals surface area contributed by atoms with Crippen molar-refractivity contribution in [1.82, 2.24) is 10.6 Å². The van der Waals surface area contributed by atoms with E-state index in [1.54, 1.807) is 0 Å². The lowest BCUT2D eigenvalue weighted by molar-refractivity contribution is -0.139. The zero-order valence-electron chi connectivity index (χ0n) is 18.4. The number of fused-ring (bicyclic) bond motifs is 3. The van der Waals surface area contributed by atoms with Gasteiger partial charge in [-0.3, -0.25) is 9.59 Å². The molecule has 2 amide bonds. The van der Waals surface area contributed by atoms with Gasteiger partial charge in [-0.05, 0) is 47.4 Å². The van der Waals surface area contributed by atoms with Crippen molar-refractivity contribution in [3.05, 3.63) is 59.7 Å². The van der Waals surface area contributed by atoms with Crippen molar-refractivity contribution < 1.29 is 24.2 Å². The molecule has 3 aliphatic rings. The molecule has 2 aromatic carbocycles. The van der Waals surface area contributed by atoms with E-state index in [2.05, 4.69) is 34.9 Å². The molecule has 0 bridgehead atoms. The standard InChI is InChI=1S/C26H28N2O5/c29-23(30)21-13-16(21)14-27-24(31)26(11-5-6-12-26)28-25(32)33-15-22-19-9-3-1-7-17(19)18-8-2-4-10-20(18)22/h1-4,7-10,16,21-22H,5-6,11-15H2,(H,27,31)(H,28,32)(H,29,30)/t16-,21-/m0/s1. The van der Waals surface area contributed by atoms with Crippen LogP contribution in [0.2, 0.25) is 0 Å². The first-order valence-electron chi connectivity index (χ1n) is 11.6. The van der Waals surface area contributed by atoms with Gasteiger partial charge in [-0.25, -0.2) is 4.79 Å². The summed E-state index contributed by atoms with van der Waals surface area (Å²) in [6, 6.07) is 16.3. The number of carbonyl (C=O) groups excluding carboxylic acids is 2. The minimum absolute atomic E-state index is 0.0284. The van der Waals surface area contributed by atoms with Gasteiger partial charge < -0.3 is 20.5 Å². The second-order valence-corrected chi connectivity index (χ2v) is 9.39. The van der Waals surface area contributed by atoms with Crippen LogP contribution in [0.4, 0.5) is 4.79 Å². The second-order valence-electron chi connectivity index (χ2n) is 9.39. The van der Waals surface area contributed by atoms with E-state index in [0.29, 0.717) is 25.8 Å².